The highest BCUT2D eigenvalue weighted by Crippen LogP contribution is 2.26. The van der Waals surface area contributed by atoms with E-state index in [4.69, 9.17) is 0 Å². The molecule has 8 nitrogen and oxygen atoms in total. The molecule has 0 atom stereocenters. The van der Waals surface area contributed by atoms with Gasteiger partial charge in [-0.25, -0.2) is 16.8 Å². The summed E-state index contributed by atoms with van der Waals surface area (Å²) in [5.41, 5.74) is 0.713. The Morgan fingerprint density at radius 2 is 1.40 bits per heavy atom. The van der Waals surface area contributed by atoms with Crippen molar-refractivity contribution in [2.24, 2.45) is 0 Å². The number of piperazine rings is 1. The number of aromatic nitrogens is 1. The molecule has 0 amide bonds. The molecule has 1 saturated heterocycles. The van der Waals surface area contributed by atoms with Gasteiger partial charge in [-0.15, -0.1) is 0 Å². The van der Waals surface area contributed by atoms with Crippen molar-refractivity contribution < 1.29 is 16.8 Å². The third-order valence-electron chi connectivity index (χ3n) is 5.17. The minimum Gasteiger partial charge on any atom is -0.299 e. The van der Waals surface area contributed by atoms with Crippen LogP contribution in [0.5, 0.6) is 0 Å². The molecule has 0 unspecified atom stereocenters. The van der Waals surface area contributed by atoms with Gasteiger partial charge in [0.2, 0.25) is 20.0 Å². The molecule has 0 bridgehead atoms. The monoisotopic (exact) mass is 467 g/mol. The molecule has 1 aliphatic rings. The van der Waals surface area contributed by atoms with Gasteiger partial charge in [-0.2, -0.15) is 8.61 Å². The number of benzene rings is 2. The number of aryl methyl sites for hydroxylation is 1. The zero-order valence-corrected chi connectivity index (χ0v) is 18.7. The van der Waals surface area contributed by atoms with E-state index >= 15 is 0 Å². The highest BCUT2D eigenvalue weighted by molar-refractivity contribution is 7.89. The van der Waals surface area contributed by atoms with Gasteiger partial charge in [0.05, 0.1) is 20.0 Å². The topological polar surface area (TPSA) is 96.8 Å². The lowest BCUT2D eigenvalue weighted by molar-refractivity contribution is 0.273. The first-order valence-corrected chi connectivity index (χ1v) is 13.1. The molecule has 0 saturated carbocycles. The lowest BCUT2D eigenvalue weighted by Gasteiger charge is -2.33. The molecule has 1 aromatic heterocycles. The maximum atomic E-state index is 13.1. The Balaban J connectivity index is 1.56. The highest BCUT2D eigenvalue weighted by atomic mass is 32.2. The van der Waals surface area contributed by atoms with E-state index in [1.54, 1.807) is 28.8 Å². The van der Waals surface area contributed by atoms with E-state index in [0.717, 1.165) is 11.3 Å². The second-order valence-corrected chi connectivity index (χ2v) is 11.7. The molecule has 2 aromatic carbocycles. The SMILES string of the molecule is CCn1c(=O)sc2cc(S(=O)(=O)N3CCN(S(=O)(=O)c4ccccc4)CC3)ccc21. The Morgan fingerprint density at radius 1 is 0.833 bits per heavy atom. The fourth-order valence-corrected chi connectivity index (χ4v) is 7.51. The summed E-state index contributed by atoms with van der Waals surface area (Å²) in [7, 11) is -7.44. The summed E-state index contributed by atoms with van der Waals surface area (Å²) in [6.07, 6.45) is 0. The van der Waals surface area contributed by atoms with Gasteiger partial charge < -0.3 is 0 Å². The summed E-state index contributed by atoms with van der Waals surface area (Å²) >= 11 is 1.02. The van der Waals surface area contributed by atoms with Crippen molar-refractivity contribution in [1.82, 2.24) is 13.2 Å². The Labute approximate surface area is 179 Å². The molecule has 11 heteroatoms. The predicted octanol–water partition coefficient (Wildman–Crippen LogP) is 1.78. The largest absolute Gasteiger partial charge is 0.308 e. The van der Waals surface area contributed by atoms with Crippen molar-refractivity contribution in [2.75, 3.05) is 26.2 Å². The highest BCUT2D eigenvalue weighted by Gasteiger charge is 2.33. The zero-order valence-electron chi connectivity index (χ0n) is 16.3. The molecule has 3 aromatic rings. The second kappa shape index (κ2) is 7.89. The second-order valence-electron chi connectivity index (χ2n) is 6.86. The maximum Gasteiger partial charge on any atom is 0.308 e. The molecular weight excluding hydrogens is 446 g/mol. The van der Waals surface area contributed by atoms with Gasteiger partial charge in [-0.05, 0) is 37.3 Å². The Bertz CT molecular complexity index is 1340. The zero-order chi connectivity index (χ0) is 21.5. The normalized spacial score (nSPS) is 16.8. The number of fused-ring (bicyclic) bond motifs is 1. The molecule has 2 heterocycles. The minimum absolute atomic E-state index is 0.0681. The molecule has 0 N–H and O–H groups in total. The van der Waals surface area contributed by atoms with Gasteiger partial charge in [-0.1, -0.05) is 29.5 Å². The van der Waals surface area contributed by atoms with Crippen LogP contribution in [0.15, 0.2) is 63.1 Å². The molecule has 0 spiro atoms. The molecule has 0 aliphatic carbocycles. The van der Waals surface area contributed by atoms with Crippen LogP contribution in [0.25, 0.3) is 10.2 Å². The predicted molar refractivity (Wildman–Crippen MR) is 116 cm³/mol. The first-order chi connectivity index (χ1) is 14.2. The van der Waals surface area contributed by atoms with Crippen molar-refractivity contribution >= 4 is 41.6 Å². The van der Waals surface area contributed by atoms with E-state index in [-0.39, 0.29) is 40.8 Å². The quantitative estimate of drug-likeness (QED) is 0.570. The summed E-state index contributed by atoms with van der Waals surface area (Å²) in [5, 5.41) is 0. The molecule has 1 fully saturated rings. The first kappa shape index (κ1) is 21.2. The van der Waals surface area contributed by atoms with Gasteiger partial charge in [0, 0.05) is 32.7 Å². The average molecular weight is 468 g/mol. The lowest BCUT2D eigenvalue weighted by atomic mass is 10.3. The first-order valence-electron chi connectivity index (χ1n) is 9.44. The van der Waals surface area contributed by atoms with E-state index < -0.39 is 20.0 Å². The number of thiazole rings is 1. The Hall–Kier alpha value is -2.05. The number of hydrogen-bond donors (Lipinski definition) is 0. The number of nitrogens with zero attached hydrogens (tertiary/aromatic N) is 3. The smallest absolute Gasteiger partial charge is 0.299 e. The molecule has 4 rings (SSSR count). The minimum atomic E-state index is -3.79. The van der Waals surface area contributed by atoms with Crippen LogP contribution in [0.2, 0.25) is 0 Å². The van der Waals surface area contributed by atoms with Gasteiger partial charge in [0.25, 0.3) is 0 Å². The maximum absolute atomic E-state index is 13.1. The van der Waals surface area contributed by atoms with E-state index in [1.165, 1.54) is 32.9 Å². The Kier molecular flexibility index (Phi) is 5.58. The third-order valence-corrected chi connectivity index (χ3v) is 9.92. The molecule has 0 radical (unpaired) electrons. The van der Waals surface area contributed by atoms with Crippen molar-refractivity contribution in [1.29, 1.82) is 0 Å². The van der Waals surface area contributed by atoms with E-state index in [0.29, 0.717) is 16.8 Å². The van der Waals surface area contributed by atoms with Crippen molar-refractivity contribution in [3.8, 4) is 0 Å². The molecule has 160 valence electrons. The molecule has 1 aliphatic heterocycles. The van der Waals surface area contributed by atoms with Crippen molar-refractivity contribution in [3.63, 3.8) is 0 Å². The average Bonchev–Trinajstić information content (AvgIpc) is 3.08. The van der Waals surface area contributed by atoms with Crippen LogP contribution in [-0.4, -0.2) is 56.2 Å². The van der Waals surface area contributed by atoms with Crippen molar-refractivity contribution in [2.45, 2.75) is 23.3 Å². The van der Waals surface area contributed by atoms with Crippen LogP contribution < -0.4 is 4.87 Å². The van der Waals surface area contributed by atoms with Gasteiger partial charge >= 0.3 is 4.87 Å². The summed E-state index contributed by atoms with van der Waals surface area (Å²) < 4.78 is 56.5. The van der Waals surface area contributed by atoms with Crippen LogP contribution >= 0.6 is 11.3 Å². The molecular formula is C19H21N3O5S3. The lowest BCUT2D eigenvalue weighted by Crippen LogP contribution is -2.50. The van der Waals surface area contributed by atoms with Gasteiger partial charge in [0.15, 0.2) is 0 Å². The van der Waals surface area contributed by atoms with Gasteiger partial charge in [-0.3, -0.25) is 9.36 Å². The van der Waals surface area contributed by atoms with Crippen LogP contribution in [-0.2, 0) is 26.6 Å². The van der Waals surface area contributed by atoms with Crippen LogP contribution in [0, 0.1) is 0 Å². The summed E-state index contributed by atoms with van der Waals surface area (Å²) in [6.45, 7) is 2.68. The number of hydrogen-bond acceptors (Lipinski definition) is 6. The van der Waals surface area contributed by atoms with E-state index in [9.17, 15) is 21.6 Å². The van der Waals surface area contributed by atoms with E-state index in [2.05, 4.69) is 0 Å². The van der Waals surface area contributed by atoms with Crippen LogP contribution in [0.1, 0.15) is 6.92 Å². The fourth-order valence-electron chi connectivity index (χ4n) is 3.55. The van der Waals surface area contributed by atoms with E-state index in [1.807, 2.05) is 6.92 Å². The fraction of sp³-hybridized carbons (Fsp3) is 0.316. The summed E-state index contributed by atoms with van der Waals surface area (Å²) in [4.78, 5) is 12.2. The third kappa shape index (κ3) is 3.60. The standard InChI is InChI=1S/C19H21N3O5S3/c1-2-22-17-9-8-16(14-18(17)28-19(22)23)30(26,27)21-12-10-20(11-13-21)29(24,25)15-6-4-3-5-7-15/h3-9,14H,2,10-13H2,1H3. The van der Waals surface area contributed by atoms with Gasteiger partial charge in [0.1, 0.15) is 0 Å². The summed E-state index contributed by atoms with van der Waals surface area (Å²) in [6, 6.07) is 12.8. The van der Waals surface area contributed by atoms with Crippen LogP contribution in [0.3, 0.4) is 0 Å². The van der Waals surface area contributed by atoms with Crippen LogP contribution in [0.4, 0.5) is 0 Å². The number of sulfonamides is 2. The Morgan fingerprint density at radius 3 is 1.97 bits per heavy atom. The molecule has 30 heavy (non-hydrogen) atoms. The summed E-state index contributed by atoms with van der Waals surface area (Å²) in [5.74, 6) is 0. The van der Waals surface area contributed by atoms with Crippen molar-refractivity contribution in [3.05, 3.63) is 58.2 Å². The number of rotatable bonds is 5.